The van der Waals surface area contributed by atoms with E-state index in [-0.39, 0.29) is 130 Å². The van der Waals surface area contributed by atoms with E-state index in [2.05, 4.69) is 0 Å². The SMILES string of the molecule is CCOC(=O)Cc1ccc(N2C(=O)c3c(c(OCC(F)(F)F)c4ccccc4c3OCC)C2O)c(F)c1.CCOC(=O)Cc1ccc(N2C(=O)c3c(c(OCC)c4ccccc4c3OCC(F)(F)F)C2SO)c(F)c1. The van der Waals surface area contributed by atoms with Gasteiger partial charge >= 0.3 is 24.3 Å². The first kappa shape index (κ1) is 55.4. The summed E-state index contributed by atoms with van der Waals surface area (Å²) in [6.45, 7) is 3.84. The molecule has 398 valence electrons. The van der Waals surface area contributed by atoms with Crippen molar-refractivity contribution in [1.82, 2.24) is 0 Å². The van der Waals surface area contributed by atoms with Crippen molar-refractivity contribution < 1.29 is 92.4 Å². The zero-order valence-corrected chi connectivity index (χ0v) is 41.0. The van der Waals surface area contributed by atoms with E-state index in [0.29, 0.717) is 10.8 Å². The van der Waals surface area contributed by atoms with Crippen LogP contribution in [-0.2, 0) is 31.9 Å². The lowest BCUT2D eigenvalue weighted by molar-refractivity contribution is -0.154. The van der Waals surface area contributed by atoms with Gasteiger partial charge in [0, 0.05) is 39.2 Å². The molecule has 0 spiro atoms. The van der Waals surface area contributed by atoms with Gasteiger partial charge in [-0.2, -0.15) is 26.3 Å². The molecule has 2 aliphatic rings. The summed E-state index contributed by atoms with van der Waals surface area (Å²) in [5, 5.41) is 11.0. The van der Waals surface area contributed by atoms with Gasteiger partial charge in [0.2, 0.25) is 0 Å². The van der Waals surface area contributed by atoms with E-state index in [1.165, 1.54) is 36.4 Å². The zero-order valence-electron chi connectivity index (χ0n) is 40.2. The highest BCUT2D eigenvalue weighted by molar-refractivity contribution is 7.94. The van der Waals surface area contributed by atoms with Crippen molar-refractivity contribution in [2.75, 3.05) is 49.4 Å². The topological polar surface area (TPSA) is 171 Å². The second-order valence-electron chi connectivity index (χ2n) is 16.4. The Hall–Kier alpha value is -7.37. The van der Waals surface area contributed by atoms with Crippen LogP contribution >= 0.6 is 12.0 Å². The van der Waals surface area contributed by atoms with Crippen molar-refractivity contribution in [2.45, 2.75) is 64.5 Å². The van der Waals surface area contributed by atoms with Crippen molar-refractivity contribution in [3.8, 4) is 23.0 Å². The van der Waals surface area contributed by atoms with Gasteiger partial charge in [-0.15, -0.1) is 0 Å². The van der Waals surface area contributed by atoms with Crippen LogP contribution in [0.4, 0.5) is 46.5 Å². The Kier molecular flexibility index (Phi) is 17.0. The van der Waals surface area contributed by atoms with Gasteiger partial charge in [-0.3, -0.25) is 29.0 Å². The van der Waals surface area contributed by atoms with E-state index in [9.17, 15) is 55.2 Å². The number of anilines is 2. The number of carbonyl (C=O) groups excluding carboxylic acids is 4. The number of aliphatic hydroxyl groups is 1. The third-order valence-corrected chi connectivity index (χ3v) is 12.1. The summed E-state index contributed by atoms with van der Waals surface area (Å²) < 4.78 is 151. The quantitative estimate of drug-likeness (QED) is 0.0503. The molecule has 8 rings (SSSR count). The number of rotatable bonds is 17. The first-order chi connectivity index (χ1) is 35.7. The van der Waals surface area contributed by atoms with Crippen molar-refractivity contribution in [1.29, 1.82) is 0 Å². The fourth-order valence-corrected chi connectivity index (χ4v) is 9.30. The molecule has 0 saturated heterocycles. The lowest BCUT2D eigenvalue weighted by Gasteiger charge is -2.24. The van der Waals surface area contributed by atoms with E-state index >= 15 is 8.78 Å². The number of amides is 2. The van der Waals surface area contributed by atoms with Crippen LogP contribution in [-0.4, -0.2) is 85.4 Å². The van der Waals surface area contributed by atoms with Crippen LogP contribution in [0.3, 0.4) is 0 Å². The molecule has 75 heavy (non-hydrogen) atoms. The fraction of sp³-hybridized carbons (Fsp3) is 0.308. The normalized spacial score (nSPS) is 15.1. The molecule has 2 unspecified atom stereocenters. The first-order valence-corrected chi connectivity index (χ1v) is 23.9. The van der Waals surface area contributed by atoms with Gasteiger partial charge in [0.1, 0.15) is 40.0 Å². The smallest absolute Gasteiger partial charge is 0.422 e. The van der Waals surface area contributed by atoms with E-state index in [1.807, 2.05) is 0 Å². The number of alkyl halides is 6. The second-order valence-corrected chi connectivity index (χ2v) is 17.0. The molecule has 23 heteroatoms. The van der Waals surface area contributed by atoms with Crippen molar-refractivity contribution in [2.24, 2.45) is 0 Å². The van der Waals surface area contributed by atoms with Gasteiger partial charge in [-0.05, 0) is 63.1 Å². The molecule has 14 nitrogen and oxygen atoms in total. The lowest BCUT2D eigenvalue weighted by Crippen LogP contribution is -2.28. The number of benzene rings is 6. The minimum Gasteiger partial charge on any atom is -0.493 e. The Bertz CT molecular complexity index is 3150. The van der Waals surface area contributed by atoms with Crippen LogP contribution < -0.4 is 28.7 Å². The first-order valence-electron chi connectivity index (χ1n) is 23.0. The summed E-state index contributed by atoms with van der Waals surface area (Å²) in [6.07, 6.45) is -11.7. The Morgan fingerprint density at radius 3 is 1.37 bits per heavy atom. The Morgan fingerprint density at radius 1 is 0.560 bits per heavy atom. The average molecular weight is 1070 g/mol. The Balaban J connectivity index is 0.000000219. The van der Waals surface area contributed by atoms with Gasteiger partial charge in [0.15, 0.2) is 19.4 Å². The molecule has 0 bridgehead atoms. The molecule has 6 aromatic carbocycles. The summed E-state index contributed by atoms with van der Waals surface area (Å²) in [5.41, 5.74) is -0.710. The van der Waals surface area contributed by atoms with Gasteiger partial charge in [0.05, 0.1) is 67.3 Å². The summed E-state index contributed by atoms with van der Waals surface area (Å²) in [5.74, 6) is -5.20. The van der Waals surface area contributed by atoms with Crippen LogP contribution in [0.5, 0.6) is 23.0 Å². The highest BCUT2D eigenvalue weighted by Gasteiger charge is 2.47. The highest BCUT2D eigenvalue weighted by Crippen LogP contribution is 2.55. The van der Waals surface area contributed by atoms with E-state index in [1.54, 1.807) is 64.1 Å². The summed E-state index contributed by atoms with van der Waals surface area (Å²) in [6, 6.07) is 19.9. The number of hydrogen-bond acceptors (Lipinski definition) is 13. The number of ether oxygens (including phenoxy) is 6. The molecule has 0 radical (unpaired) electrons. The molecule has 0 aromatic heterocycles. The number of esters is 2. The lowest BCUT2D eigenvalue weighted by atomic mass is 9.98. The number of nitrogens with zero attached hydrogens (tertiary/aromatic N) is 2. The number of fused-ring (bicyclic) bond motifs is 4. The molecule has 2 heterocycles. The van der Waals surface area contributed by atoms with Crippen LogP contribution in [0.15, 0.2) is 84.9 Å². The van der Waals surface area contributed by atoms with E-state index in [0.717, 1.165) is 21.9 Å². The van der Waals surface area contributed by atoms with Crippen LogP contribution in [0.25, 0.3) is 21.5 Å². The molecular weight excluding hydrogens is 1030 g/mol. The Morgan fingerprint density at radius 2 is 0.947 bits per heavy atom. The molecule has 0 aliphatic carbocycles. The van der Waals surface area contributed by atoms with Crippen molar-refractivity contribution >= 4 is 68.7 Å². The van der Waals surface area contributed by atoms with Crippen molar-refractivity contribution in [3.05, 3.63) is 130 Å². The third kappa shape index (κ3) is 11.6. The Labute approximate surface area is 426 Å². The molecule has 0 fully saturated rings. The number of carbonyl (C=O) groups is 4. The zero-order chi connectivity index (χ0) is 54.5. The minimum atomic E-state index is -4.69. The van der Waals surface area contributed by atoms with Gasteiger partial charge in [-0.25, -0.2) is 8.78 Å². The van der Waals surface area contributed by atoms with Crippen LogP contribution in [0.1, 0.15) is 82.3 Å². The molecule has 2 aliphatic heterocycles. The largest absolute Gasteiger partial charge is 0.493 e. The second kappa shape index (κ2) is 23.0. The molecule has 2 N–H and O–H groups in total. The summed E-state index contributed by atoms with van der Waals surface area (Å²) in [4.78, 5) is 52.5. The fourth-order valence-electron chi connectivity index (χ4n) is 8.67. The van der Waals surface area contributed by atoms with Crippen LogP contribution in [0.2, 0.25) is 0 Å². The third-order valence-electron chi connectivity index (χ3n) is 11.5. The number of halogens is 8. The maximum atomic E-state index is 15.3. The van der Waals surface area contributed by atoms with Gasteiger partial charge in [0.25, 0.3) is 11.8 Å². The predicted octanol–water partition coefficient (Wildman–Crippen LogP) is 11.4. The molecule has 0 saturated carbocycles. The summed E-state index contributed by atoms with van der Waals surface area (Å²) in [7, 11) is 0. The van der Waals surface area contributed by atoms with Crippen molar-refractivity contribution in [3.63, 3.8) is 0 Å². The molecule has 2 amide bonds. The predicted molar refractivity (Wildman–Crippen MR) is 258 cm³/mol. The van der Waals surface area contributed by atoms with Crippen LogP contribution in [0, 0.1) is 11.6 Å². The minimum absolute atomic E-state index is 0.0401. The van der Waals surface area contributed by atoms with Gasteiger partial charge < -0.3 is 38.1 Å². The number of aliphatic hydroxyl groups excluding tert-OH is 1. The standard InChI is InChI=1S/C26H23F4NO6S.C26H23F4NO6/c1-3-35-19(32)12-14-9-10-18(17(27)11-14)31-24(33)20-21(25(31)38-34)23(36-4-2)16-8-6-5-7-15(16)22(20)37-13-26(28,29)30;1-3-35-19(32)12-14-9-10-18(17(27)11-14)31-24(33)20-21(25(31)34)23(37-13-26(28,29)30)16-8-6-5-7-15(16)22(20)36-4-2/h5-11,25,34H,3-4,12-13H2,1-2H3;5-11,25,34H,3-4,12-13H2,1-2H3. The van der Waals surface area contributed by atoms with E-state index < -0.39 is 72.6 Å². The molecular formula is C52H46F8N2O12S. The summed E-state index contributed by atoms with van der Waals surface area (Å²) >= 11 is 0.199. The van der Waals surface area contributed by atoms with Gasteiger partial charge in [-0.1, -0.05) is 60.7 Å². The maximum absolute atomic E-state index is 15.3. The van der Waals surface area contributed by atoms with E-state index in [4.69, 9.17) is 28.4 Å². The average Bonchev–Trinajstić information content (AvgIpc) is 3.78. The maximum Gasteiger partial charge on any atom is 0.422 e. The highest BCUT2D eigenvalue weighted by atomic mass is 32.2. The number of hydrogen-bond donors (Lipinski definition) is 2. The molecule has 2 atom stereocenters. The molecule has 6 aromatic rings. The monoisotopic (exact) mass is 1070 g/mol.